The van der Waals surface area contributed by atoms with Crippen molar-refractivity contribution >= 4 is 17.1 Å². The lowest BCUT2D eigenvalue weighted by molar-refractivity contribution is -0.393. The van der Waals surface area contributed by atoms with Crippen molar-refractivity contribution < 1.29 is 9.85 Å². The third kappa shape index (κ3) is 2.69. The zero-order valence-corrected chi connectivity index (χ0v) is 10.9. The molecular formula is C12H16N4O4. The second kappa shape index (κ2) is 5.83. The maximum absolute atomic E-state index is 11.2. The number of benzene rings is 1. The quantitative estimate of drug-likeness (QED) is 0.664. The summed E-state index contributed by atoms with van der Waals surface area (Å²) in [7, 11) is 0. The van der Waals surface area contributed by atoms with Gasteiger partial charge in [0.15, 0.2) is 0 Å². The topological polar surface area (TPSA) is 116 Å². The van der Waals surface area contributed by atoms with Crippen molar-refractivity contribution in [3.05, 3.63) is 38.4 Å². The summed E-state index contributed by atoms with van der Waals surface area (Å²) in [5.74, 6) is 0. The van der Waals surface area contributed by atoms with Gasteiger partial charge < -0.3 is 10.6 Å². The number of nitro groups is 2. The molecule has 0 spiro atoms. The van der Waals surface area contributed by atoms with Crippen LogP contribution >= 0.6 is 0 Å². The molecule has 1 atom stereocenters. The van der Waals surface area contributed by atoms with E-state index in [1.54, 1.807) is 0 Å². The summed E-state index contributed by atoms with van der Waals surface area (Å²) in [5.41, 5.74) is 5.62. The molecule has 8 heteroatoms. The van der Waals surface area contributed by atoms with E-state index in [1.165, 1.54) is 12.1 Å². The number of non-ortho nitro benzene ring substituents is 1. The van der Waals surface area contributed by atoms with Crippen LogP contribution in [0.4, 0.5) is 17.1 Å². The fraction of sp³-hybridized carbons (Fsp3) is 0.500. The molecule has 0 aromatic heterocycles. The Morgan fingerprint density at radius 1 is 1.25 bits per heavy atom. The Hall–Kier alpha value is -2.22. The fourth-order valence-corrected chi connectivity index (χ4v) is 2.58. The minimum absolute atomic E-state index is 0.0453. The molecule has 8 nitrogen and oxygen atoms in total. The predicted octanol–water partition coefficient (Wildman–Crippen LogP) is 1.82. The minimum Gasteiger partial charge on any atom is -0.362 e. The molecule has 2 rings (SSSR count). The van der Waals surface area contributed by atoms with Gasteiger partial charge in [-0.2, -0.15) is 0 Å². The summed E-state index contributed by atoms with van der Waals surface area (Å²) >= 11 is 0. The Labute approximate surface area is 115 Å². The highest BCUT2D eigenvalue weighted by molar-refractivity contribution is 5.67. The maximum atomic E-state index is 11.2. The Bertz CT molecular complexity index is 534. The van der Waals surface area contributed by atoms with E-state index in [1.807, 2.05) is 4.90 Å². The first kappa shape index (κ1) is 14.2. The van der Waals surface area contributed by atoms with Gasteiger partial charge in [0.05, 0.1) is 15.9 Å². The summed E-state index contributed by atoms with van der Waals surface area (Å²) in [6.07, 6.45) is 2.86. The van der Waals surface area contributed by atoms with Gasteiger partial charge in [0.2, 0.25) is 0 Å². The lowest BCUT2D eigenvalue weighted by Crippen LogP contribution is -2.44. The van der Waals surface area contributed by atoms with Gasteiger partial charge in [-0.05, 0) is 25.3 Å². The number of rotatable bonds is 4. The molecule has 1 heterocycles. The van der Waals surface area contributed by atoms with E-state index in [2.05, 4.69) is 0 Å². The van der Waals surface area contributed by atoms with Crippen molar-refractivity contribution in [2.24, 2.45) is 5.73 Å². The molecule has 1 aliphatic rings. The van der Waals surface area contributed by atoms with E-state index in [0.29, 0.717) is 18.8 Å². The van der Waals surface area contributed by atoms with E-state index in [4.69, 9.17) is 5.73 Å². The van der Waals surface area contributed by atoms with Crippen molar-refractivity contribution in [2.75, 3.05) is 18.0 Å². The molecule has 0 radical (unpaired) electrons. The smallest absolute Gasteiger partial charge is 0.299 e. The molecule has 20 heavy (non-hydrogen) atoms. The van der Waals surface area contributed by atoms with Crippen LogP contribution in [-0.4, -0.2) is 29.0 Å². The Morgan fingerprint density at radius 2 is 2.00 bits per heavy atom. The van der Waals surface area contributed by atoms with E-state index in [9.17, 15) is 20.2 Å². The number of piperidine rings is 1. The summed E-state index contributed by atoms with van der Waals surface area (Å²) in [4.78, 5) is 22.6. The molecule has 0 amide bonds. The highest BCUT2D eigenvalue weighted by atomic mass is 16.6. The van der Waals surface area contributed by atoms with E-state index in [-0.39, 0.29) is 17.4 Å². The van der Waals surface area contributed by atoms with Gasteiger partial charge in [-0.3, -0.25) is 20.2 Å². The second-order valence-corrected chi connectivity index (χ2v) is 4.77. The first-order valence-corrected chi connectivity index (χ1v) is 6.44. The minimum atomic E-state index is -0.632. The lowest BCUT2D eigenvalue weighted by atomic mass is 10.0. The molecule has 0 saturated carbocycles. The van der Waals surface area contributed by atoms with Crippen molar-refractivity contribution in [2.45, 2.75) is 25.3 Å². The van der Waals surface area contributed by atoms with E-state index >= 15 is 0 Å². The van der Waals surface area contributed by atoms with Crippen LogP contribution in [0.25, 0.3) is 0 Å². The normalized spacial score (nSPS) is 18.9. The Balaban J connectivity index is 2.44. The van der Waals surface area contributed by atoms with Crippen LogP contribution in [0, 0.1) is 20.2 Å². The third-order valence-corrected chi connectivity index (χ3v) is 3.58. The molecule has 1 unspecified atom stereocenters. The fourth-order valence-electron chi connectivity index (χ4n) is 2.58. The number of nitrogens with zero attached hydrogens (tertiary/aromatic N) is 3. The Morgan fingerprint density at radius 3 is 2.60 bits per heavy atom. The van der Waals surface area contributed by atoms with Crippen molar-refractivity contribution in [3.8, 4) is 0 Å². The molecule has 108 valence electrons. The monoisotopic (exact) mass is 280 g/mol. The summed E-state index contributed by atoms with van der Waals surface area (Å²) in [6.45, 7) is 1.09. The first-order valence-electron chi connectivity index (χ1n) is 6.44. The standard InChI is InChI=1S/C12H16N4O4/c13-8-10-3-1-2-6-14(10)11-5-4-9(15(17)18)7-12(11)16(19)20/h4-5,7,10H,1-3,6,8,13H2. The van der Waals surface area contributed by atoms with Crippen molar-refractivity contribution in [1.29, 1.82) is 0 Å². The third-order valence-electron chi connectivity index (χ3n) is 3.58. The largest absolute Gasteiger partial charge is 0.362 e. The van der Waals surface area contributed by atoms with Crippen LogP contribution < -0.4 is 10.6 Å². The zero-order valence-electron chi connectivity index (χ0n) is 10.9. The number of nitro benzene ring substituents is 2. The van der Waals surface area contributed by atoms with Crippen LogP contribution in [0.3, 0.4) is 0 Å². The van der Waals surface area contributed by atoms with Gasteiger partial charge >= 0.3 is 0 Å². The molecule has 1 aromatic carbocycles. The highest BCUT2D eigenvalue weighted by Gasteiger charge is 2.28. The average molecular weight is 280 g/mol. The van der Waals surface area contributed by atoms with Crippen LogP contribution in [0.5, 0.6) is 0 Å². The molecule has 1 fully saturated rings. The van der Waals surface area contributed by atoms with Gasteiger partial charge in [-0.1, -0.05) is 0 Å². The maximum Gasteiger partial charge on any atom is 0.299 e. The SMILES string of the molecule is NCC1CCCCN1c1ccc([N+](=O)[O-])cc1[N+](=O)[O-]. The van der Waals surface area contributed by atoms with Crippen LogP contribution in [0.15, 0.2) is 18.2 Å². The van der Waals surface area contributed by atoms with Gasteiger partial charge in [0, 0.05) is 25.2 Å². The number of hydrogen-bond donors (Lipinski definition) is 1. The second-order valence-electron chi connectivity index (χ2n) is 4.77. The summed E-state index contributed by atoms with van der Waals surface area (Å²) < 4.78 is 0. The highest BCUT2D eigenvalue weighted by Crippen LogP contribution is 2.35. The van der Waals surface area contributed by atoms with Crippen LogP contribution in [0.2, 0.25) is 0 Å². The summed E-state index contributed by atoms with van der Waals surface area (Å²) in [5, 5.41) is 21.9. The molecule has 1 saturated heterocycles. The number of nitrogens with two attached hydrogens (primary N) is 1. The number of anilines is 1. The van der Waals surface area contributed by atoms with Crippen molar-refractivity contribution in [1.82, 2.24) is 0 Å². The molecular weight excluding hydrogens is 264 g/mol. The van der Waals surface area contributed by atoms with Gasteiger partial charge in [0.25, 0.3) is 11.4 Å². The average Bonchev–Trinajstić information content (AvgIpc) is 2.46. The lowest BCUT2D eigenvalue weighted by Gasteiger charge is -2.36. The molecule has 1 aromatic rings. The van der Waals surface area contributed by atoms with Gasteiger partial charge in [-0.15, -0.1) is 0 Å². The molecule has 0 bridgehead atoms. The van der Waals surface area contributed by atoms with Crippen LogP contribution in [0.1, 0.15) is 19.3 Å². The number of hydrogen-bond acceptors (Lipinski definition) is 6. The van der Waals surface area contributed by atoms with E-state index < -0.39 is 9.85 Å². The van der Waals surface area contributed by atoms with Crippen LogP contribution in [-0.2, 0) is 0 Å². The summed E-state index contributed by atoms with van der Waals surface area (Å²) in [6, 6.07) is 3.80. The Kier molecular flexibility index (Phi) is 4.14. The predicted molar refractivity (Wildman–Crippen MR) is 73.8 cm³/mol. The first-order chi connectivity index (χ1) is 9.54. The van der Waals surface area contributed by atoms with E-state index in [0.717, 1.165) is 25.3 Å². The van der Waals surface area contributed by atoms with Crippen molar-refractivity contribution in [3.63, 3.8) is 0 Å². The molecule has 0 aliphatic carbocycles. The molecule has 2 N–H and O–H groups in total. The zero-order chi connectivity index (χ0) is 14.7. The molecule has 1 aliphatic heterocycles. The van der Waals surface area contributed by atoms with Gasteiger partial charge in [-0.25, -0.2) is 0 Å². The van der Waals surface area contributed by atoms with Gasteiger partial charge in [0.1, 0.15) is 5.69 Å².